The van der Waals surface area contributed by atoms with Crippen molar-refractivity contribution in [1.82, 2.24) is 14.5 Å². The number of thiophene rings is 1. The molecule has 1 aliphatic heterocycles. The fourth-order valence-electron chi connectivity index (χ4n) is 3.63. The maximum Gasteiger partial charge on any atom is 0.337 e. The minimum absolute atomic E-state index is 0.0280. The van der Waals surface area contributed by atoms with Crippen molar-refractivity contribution in [2.75, 3.05) is 13.2 Å². The molecule has 3 heterocycles. The first-order valence-electron chi connectivity index (χ1n) is 9.66. The van der Waals surface area contributed by atoms with Gasteiger partial charge in [-0.25, -0.2) is 9.36 Å². The number of nitrogens with one attached hydrogen (secondary N) is 1. The summed E-state index contributed by atoms with van der Waals surface area (Å²) in [6.45, 7) is 4.79. The minimum Gasteiger partial charge on any atom is -0.376 e. The lowest BCUT2D eigenvalue weighted by atomic mass is 10.2. The van der Waals surface area contributed by atoms with Crippen molar-refractivity contribution in [1.29, 1.82) is 0 Å². The third kappa shape index (κ3) is 3.65. The number of hydrogen-bond donors (Lipinski definition) is 1. The zero-order valence-electron chi connectivity index (χ0n) is 16.4. The Hall–Kier alpha value is -2.71. The lowest BCUT2D eigenvalue weighted by Gasteiger charge is -2.14. The van der Waals surface area contributed by atoms with E-state index in [-0.39, 0.29) is 24.1 Å². The molecule has 29 heavy (non-hydrogen) atoms. The topological polar surface area (TPSA) is 82.3 Å². The van der Waals surface area contributed by atoms with Gasteiger partial charge in [-0.3, -0.25) is 14.2 Å². The zero-order valence-corrected chi connectivity index (χ0v) is 17.3. The Bertz CT molecular complexity index is 1170. The molecule has 1 aromatic carbocycles. The number of hydrogen-bond acceptors (Lipinski definition) is 5. The van der Waals surface area contributed by atoms with Crippen molar-refractivity contribution in [2.45, 2.75) is 39.3 Å². The summed E-state index contributed by atoms with van der Waals surface area (Å²) in [6, 6.07) is 8.80. The number of rotatable bonds is 5. The average Bonchev–Trinajstić information content (AvgIpc) is 3.33. The number of ether oxygens (including phenoxy) is 1. The molecule has 1 amide bonds. The van der Waals surface area contributed by atoms with Gasteiger partial charge in [-0.15, -0.1) is 11.3 Å². The van der Waals surface area contributed by atoms with E-state index in [0.717, 1.165) is 34.5 Å². The summed E-state index contributed by atoms with van der Waals surface area (Å²) in [6.07, 6.45) is 1.95. The molecule has 0 bridgehead atoms. The number of carbonyl (C=O) groups excluding carboxylic acids is 1. The van der Waals surface area contributed by atoms with E-state index < -0.39 is 5.69 Å². The first-order chi connectivity index (χ1) is 14.0. The molecule has 152 valence electrons. The standard InChI is InChI=1S/C21H23N3O4S/c1-13-14(2)29-20-18(13)19(26)24(15-7-4-3-5-8-15)21(27)23(20)12-17(25)22-11-16-9-6-10-28-16/h3-5,7-8,16H,6,9-12H2,1-2H3,(H,22,25)/t16-/m1/s1. The van der Waals surface area contributed by atoms with Crippen LogP contribution < -0.4 is 16.6 Å². The van der Waals surface area contributed by atoms with Crippen LogP contribution in [0, 0.1) is 13.8 Å². The van der Waals surface area contributed by atoms with Crippen molar-refractivity contribution in [3.05, 3.63) is 61.6 Å². The predicted molar refractivity (Wildman–Crippen MR) is 113 cm³/mol. The molecule has 0 spiro atoms. The fraction of sp³-hybridized carbons (Fsp3) is 0.381. The van der Waals surface area contributed by atoms with E-state index in [1.165, 1.54) is 15.9 Å². The Balaban J connectivity index is 1.78. The summed E-state index contributed by atoms with van der Waals surface area (Å²) in [5.74, 6) is -0.272. The SMILES string of the molecule is Cc1sc2c(c1C)c(=O)n(-c1ccccc1)c(=O)n2CC(=O)NC[C@H]1CCCO1. The molecule has 1 N–H and O–H groups in total. The highest BCUT2D eigenvalue weighted by molar-refractivity contribution is 7.18. The van der Waals surface area contributed by atoms with E-state index in [1.54, 1.807) is 24.3 Å². The number of aryl methyl sites for hydroxylation is 2. The van der Waals surface area contributed by atoms with Gasteiger partial charge in [0.25, 0.3) is 5.56 Å². The number of aromatic nitrogens is 2. The number of benzene rings is 1. The molecule has 8 heteroatoms. The van der Waals surface area contributed by atoms with Gasteiger partial charge < -0.3 is 10.1 Å². The largest absolute Gasteiger partial charge is 0.376 e. The van der Waals surface area contributed by atoms with Crippen LogP contribution in [-0.4, -0.2) is 34.3 Å². The van der Waals surface area contributed by atoms with E-state index in [4.69, 9.17) is 4.74 Å². The number of para-hydroxylation sites is 1. The van der Waals surface area contributed by atoms with Crippen LogP contribution in [0.5, 0.6) is 0 Å². The summed E-state index contributed by atoms with van der Waals surface area (Å²) in [4.78, 5) is 40.5. The molecule has 0 saturated carbocycles. The van der Waals surface area contributed by atoms with Gasteiger partial charge in [-0.05, 0) is 44.4 Å². The Labute approximate surface area is 171 Å². The minimum atomic E-state index is -0.512. The van der Waals surface area contributed by atoms with Gasteiger partial charge in [0.15, 0.2) is 0 Å². The second-order valence-electron chi connectivity index (χ2n) is 7.25. The molecular weight excluding hydrogens is 390 g/mol. The molecule has 1 atom stereocenters. The van der Waals surface area contributed by atoms with Gasteiger partial charge in [0.05, 0.1) is 17.2 Å². The summed E-state index contributed by atoms with van der Waals surface area (Å²) >= 11 is 1.37. The van der Waals surface area contributed by atoms with E-state index >= 15 is 0 Å². The third-order valence-electron chi connectivity index (χ3n) is 5.32. The summed E-state index contributed by atoms with van der Waals surface area (Å²) in [5, 5.41) is 3.34. The smallest absolute Gasteiger partial charge is 0.337 e. The van der Waals surface area contributed by atoms with Crippen LogP contribution in [0.25, 0.3) is 15.9 Å². The van der Waals surface area contributed by atoms with E-state index in [1.807, 2.05) is 19.9 Å². The molecule has 7 nitrogen and oxygen atoms in total. The molecule has 0 radical (unpaired) electrons. The van der Waals surface area contributed by atoms with Crippen LogP contribution >= 0.6 is 11.3 Å². The molecule has 1 fully saturated rings. The second kappa shape index (κ2) is 7.96. The number of amides is 1. The van der Waals surface area contributed by atoms with E-state index in [2.05, 4.69) is 5.32 Å². The highest BCUT2D eigenvalue weighted by Gasteiger charge is 2.22. The molecule has 0 unspecified atom stereocenters. The Morgan fingerprint density at radius 3 is 2.69 bits per heavy atom. The van der Waals surface area contributed by atoms with Crippen molar-refractivity contribution in [3.8, 4) is 5.69 Å². The van der Waals surface area contributed by atoms with Crippen molar-refractivity contribution in [2.24, 2.45) is 0 Å². The summed E-state index contributed by atoms with van der Waals surface area (Å²) < 4.78 is 8.08. The van der Waals surface area contributed by atoms with Gasteiger partial charge >= 0.3 is 5.69 Å². The summed E-state index contributed by atoms with van der Waals surface area (Å²) in [5.41, 5.74) is 0.464. The lowest BCUT2D eigenvalue weighted by molar-refractivity contribution is -0.122. The van der Waals surface area contributed by atoms with Crippen LogP contribution in [0.4, 0.5) is 0 Å². The molecule has 4 rings (SSSR count). The normalized spacial score (nSPS) is 16.4. The Morgan fingerprint density at radius 1 is 1.24 bits per heavy atom. The quantitative estimate of drug-likeness (QED) is 0.695. The predicted octanol–water partition coefficient (Wildman–Crippen LogP) is 2.13. The Morgan fingerprint density at radius 2 is 2.00 bits per heavy atom. The number of carbonyl (C=O) groups is 1. The van der Waals surface area contributed by atoms with Crippen LogP contribution in [0.1, 0.15) is 23.3 Å². The molecule has 0 aliphatic carbocycles. The second-order valence-corrected chi connectivity index (χ2v) is 8.45. The first kappa shape index (κ1) is 19.6. The van der Waals surface area contributed by atoms with Crippen LogP contribution in [0.3, 0.4) is 0 Å². The fourth-order valence-corrected chi connectivity index (χ4v) is 4.77. The van der Waals surface area contributed by atoms with Crippen molar-refractivity contribution in [3.63, 3.8) is 0 Å². The van der Waals surface area contributed by atoms with Gasteiger partial charge in [0.1, 0.15) is 11.4 Å². The monoisotopic (exact) mass is 413 g/mol. The highest BCUT2D eigenvalue weighted by atomic mass is 32.1. The van der Waals surface area contributed by atoms with Crippen molar-refractivity contribution >= 4 is 27.5 Å². The van der Waals surface area contributed by atoms with Crippen LogP contribution in [0.2, 0.25) is 0 Å². The highest BCUT2D eigenvalue weighted by Crippen LogP contribution is 2.27. The van der Waals surface area contributed by atoms with E-state index in [9.17, 15) is 14.4 Å². The third-order valence-corrected chi connectivity index (χ3v) is 6.55. The van der Waals surface area contributed by atoms with Gasteiger partial charge in [-0.1, -0.05) is 18.2 Å². The van der Waals surface area contributed by atoms with E-state index in [0.29, 0.717) is 22.4 Å². The molecule has 3 aromatic rings. The van der Waals surface area contributed by atoms with Crippen LogP contribution in [0.15, 0.2) is 39.9 Å². The maximum absolute atomic E-state index is 13.2. The molecular formula is C21H23N3O4S. The number of fused-ring (bicyclic) bond motifs is 1. The molecule has 2 aromatic heterocycles. The maximum atomic E-state index is 13.2. The average molecular weight is 413 g/mol. The van der Waals surface area contributed by atoms with Gasteiger partial charge in [0, 0.05) is 18.0 Å². The Kier molecular flexibility index (Phi) is 5.38. The van der Waals surface area contributed by atoms with Gasteiger partial charge in [0.2, 0.25) is 5.91 Å². The molecule has 1 aliphatic rings. The van der Waals surface area contributed by atoms with Crippen molar-refractivity contribution < 1.29 is 9.53 Å². The van der Waals surface area contributed by atoms with Gasteiger partial charge in [-0.2, -0.15) is 0 Å². The van der Waals surface area contributed by atoms with Crippen LogP contribution in [-0.2, 0) is 16.1 Å². The summed E-state index contributed by atoms with van der Waals surface area (Å²) in [7, 11) is 0. The zero-order chi connectivity index (χ0) is 20.5. The number of nitrogens with zero attached hydrogens (tertiary/aromatic N) is 2. The lowest BCUT2D eigenvalue weighted by Crippen LogP contribution is -2.42. The first-order valence-corrected chi connectivity index (χ1v) is 10.5. The molecule has 1 saturated heterocycles.